The maximum absolute atomic E-state index is 13.7. The van der Waals surface area contributed by atoms with Gasteiger partial charge in [-0.2, -0.15) is 0 Å². The topological polar surface area (TPSA) is 122 Å². The lowest BCUT2D eigenvalue weighted by atomic mass is 9.74. The molecule has 5 atom stereocenters. The zero-order valence-electron chi connectivity index (χ0n) is 21.3. The summed E-state index contributed by atoms with van der Waals surface area (Å²) in [5, 5.41) is 15.6. The molecule has 13 heteroatoms. The van der Waals surface area contributed by atoms with Gasteiger partial charge in [-0.15, -0.1) is 0 Å². The van der Waals surface area contributed by atoms with Gasteiger partial charge >= 0.3 is 0 Å². The Bertz CT molecular complexity index is 1410. The first-order valence-corrected chi connectivity index (χ1v) is 14.9. The molecule has 216 valence electrons. The fraction of sp³-hybridized carbons (Fsp3) is 0.481. The van der Waals surface area contributed by atoms with Gasteiger partial charge in [0.1, 0.15) is 0 Å². The first kappa shape index (κ1) is 28.8. The van der Waals surface area contributed by atoms with Crippen LogP contribution >= 0.6 is 11.6 Å². The highest BCUT2D eigenvalue weighted by Gasteiger charge is 2.55. The van der Waals surface area contributed by atoms with E-state index in [2.05, 4.69) is 10.6 Å². The Morgan fingerprint density at radius 2 is 1.70 bits per heavy atom. The summed E-state index contributed by atoms with van der Waals surface area (Å²) in [6.45, 7) is 0.889. The monoisotopic (exact) mass is 600 g/mol. The van der Waals surface area contributed by atoms with Gasteiger partial charge in [0.25, 0.3) is 5.91 Å². The molecule has 4 unspecified atom stereocenters. The Hall–Kier alpha value is -2.67. The lowest BCUT2D eigenvalue weighted by Crippen LogP contribution is -2.55. The van der Waals surface area contributed by atoms with Gasteiger partial charge in [-0.3, -0.25) is 9.59 Å². The van der Waals surface area contributed by atoms with Gasteiger partial charge in [0.15, 0.2) is 27.3 Å². The fourth-order valence-corrected chi connectivity index (χ4v) is 8.54. The number of carbonyl (C=O) groups excluding carboxylic acids is 2. The molecule has 40 heavy (non-hydrogen) atoms. The van der Waals surface area contributed by atoms with E-state index >= 15 is 0 Å². The second-order valence-electron chi connectivity index (χ2n) is 10.7. The first-order valence-electron chi connectivity index (χ1n) is 13.0. The van der Waals surface area contributed by atoms with Crippen molar-refractivity contribution in [3.8, 4) is 0 Å². The Labute approximate surface area is 234 Å². The Balaban J connectivity index is 1.31. The van der Waals surface area contributed by atoms with E-state index in [4.69, 9.17) is 16.3 Å². The summed E-state index contributed by atoms with van der Waals surface area (Å²) < 4.78 is 73.0. The molecule has 2 aliphatic carbocycles. The minimum atomic E-state index is -4.06. The third-order valence-corrected chi connectivity index (χ3v) is 11.1. The smallest absolute Gasteiger partial charge is 0.255 e. The van der Waals surface area contributed by atoms with Gasteiger partial charge < -0.3 is 20.5 Å². The van der Waals surface area contributed by atoms with Crippen LogP contribution in [0.15, 0.2) is 35.2 Å². The SMILES string of the molecule is O=C(Nc1cc(F)c(F)c(F)c1)c1ccc(Cl)c(S(=O)(=O)C2CC3CC[C@@H](C2)C3(O)CNC(=O)C2CCOC2)c1. The molecule has 3 N–H and O–H groups in total. The van der Waals surface area contributed by atoms with Crippen LogP contribution in [0.2, 0.25) is 5.02 Å². The lowest BCUT2D eigenvalue weighted by molar-refractivity contribution is -0.128. The number of hydrogen-bond acceptors (Lipinski definition) is 6. The molecule has 2 aromatic carbocycles. The van der Waals surface area contributed by atoms with Gasteiger partial charge in [0, 0.05) is 36.5 Å². The molecule has 5 rings (SSSR count). The third kappa shape index (κ3) is 5.34. The van der Waals surface area contributed by atoms with E-state index < -0.39 is 44.0 Å². The summed E-state index contributed by atoms with van der Waals surface area (Å²) in [6.07, 6.45) is 2.14. The number of anilines is 1. The molecule has 2 aromatic rings. The van der Waals surface area contributed by atoms with Crippen molar-refractivity contribution in [2.45, 2.75) is 47.9 Å². The van der Waals surface area contributed by atoms with E-state index in [1.807, 2.05) is 0 Å². The Morgan fingerprint density at radius 3 is 2.30 bits per heavy atom. The highest BCUT2D eigenvalue weighted by atomic mass is 35.5. The van der Waals surface area contributed by atoms with E-state index in [-0.39, 0.29) is 64.2 Å². The van der Waals surface area contributed by atoms with Crippen LogP contribution in [0.4, 0.5) is 18.9 Å². The quantitative estimate of drug-likeness (QED) is 0.415. The maximum Gasteiger partial charge on any atom is 0.255 e. The first-order chi connectivity index (χ1) is 18.9. The standard InChI is InChI=1S/C27H28ClF3N2O6S/c28-20-4-1-14(26(35)33-18-10-21(29)24(31)22(30)11-18)7-23(20)40(37,38)19-8-16-2-3-17(9-19)27(16,36)13-32-25(34)15-5-6-39-12-15/h1,4,7,10-11,15-17,19,36H,2-3,5-6,8-9,12-13H2,(H,32,34)(H,33,35)/t15?,16-,17?,19?,27?/m0/s1. The number of rotatable bonds is 7. The lowest BCUT2D eigenvalue weighted by Gasteiger charge is -2.42. The van der Waals surface area contributed by atoms with Crippen molar-refractivity contribution in [2.75, 3.05) is 25.1 Å². The zero-order valence-corrected chi connectivity index (χ0v) is 22.8. The molecule has 3 aliphatic rings. The number of aliphatic hydroxyl groups is 1. The van der Waals surface area contributed by atoms with Gasteiger partial charge in [-0.25, -0.2) is 21.6 Å². The number of amides is 2. The number of carbonyl (C=O) groups is 2. The molecule has 2 saturated carbocycles. The van der Waals surface area contributed by atoms with Crippen LogP contribution in [-0.4, -0.2) is 55.9 Å². The number of benzene rings is 2. The fourth-order valence-electron chi connectivity index (χ4n) is 6.14. The van der Waals surface area contributed by atoms with E-state index in [0.29, 0.717) is 44.6 Å². The minimum Gasteiger partial charge on any atom is -0.387 e. The predicted octanol–water partition coefficient (Wildman–Crippen LogP) is 3.86. The van der Waals surface area contributed by atoms with Gasteiger partial charge in [-0.1, -0.05) is 11.6 Å². The van der Waals surface area contributed by atoms with Crippen LogP contribution in [0.5, 0.6) is 0 Å². The summed E-state index contributed by atoms with van der Waals surface area (Å²) in [4.78, 5) is 24.9. The van der Waals surface area contributed by atoms with E-state index in [1.54, 1.807) is 0 Å². The van der Waals surface area contributed by atoms with Crippen molar-refractivity contribution in [1.82, 2.24) is 5.32 Å². The van der Waals surface area contributed by atoms with E-state index in [0.717, 1.165) is 6.07 Å². The summed E-state index contributed by atoms with van der Waals surface area (Å²) in [5.41, 5.74) is -1.72. The van der Waals surface area contributed by atoms with Crippen molar-refractivity contribution in [1.29, 1.82) is 0 Å². The van der Waals surface area contributed by atoms with Gasteiger partial charge in [0.2, 0.25) is 5.91 Å². The van der Waals surface area contributed by atoms with E-state index in [1.165, 1.54) is 12.1 Å². The normalized spacial score (nSPS) is 27.9. The molecular formula is C27H28ClF3N2O6S. The average molecular weight is 601 g/mol. The van der Waals surface area contributed by atoms with Crippen LogP contribution in [0.1, 0.15) is 42.5 Å². The van der Waals surface area contributed by atoms with Crippen LogP contribution < -0.4 is 10.6 Å². The largest absolute Gasteiger partial charge is 0.387 e. The van der Waals surface area contributed by atoms with Crippen molar-refractivity contribution in [2.24, 2.45) is 17.8 Å². The highest BCUT2D eigenvalue weighted by Crippen LogP contribution is 2.52. The summed E-state index contributed by atoms with van der Waals surface area (Å²) >= 11 is 6.26. The predicted molar refractivity (Wildman–Crippen MR) is 139 cm³/mol. The average Bonchev–Trinajstić information content (AvgIpc) is 3.48. The minimum absolute atomic E-state index is 0.0332. The number of hydrogen-bond donors (Lipinski definition) is 3. The molecule has 0 radical (unpaired) electrons. The molecule has 2 bridgehead atoms. The van der Waals surface area contributed by atoms with Gasteiger partial charge in [0.05, 0.1) is 33.3 Å². The second-order valence-corrected chi connectivity index (χ2v) is 13.3. The van der Waals surface area contributed by atoms with Crippen molar-refractivity contribution in [3.63, 3.8) is 0 Å². The van der Waals surface area contributed by atoms with E-state index in [9.17, 15) is 36.3 Å². The van der Waals surface area contributed by atoms with Crippen LogP contribution in [0, 0.1) is 35.2 Å². The molecule has 3 fully saturated rings. The van der Waals surface area contributed by atoms with Crippen molar-refractivity contribution in [3.05, 3.63) is 58.4 Å². The number of nitrogens with one attached hydrogen (secondary N) is 2. The summed E-state index contributed by atoms with van der Waals surface area (Å²) in [6, 6.07) is 4.80. The Morgan fingerprint density at radius 1 is 1.05 bits per heavy atom. The molecular weight excluding hydrogens is 573 g/mol. The molecule has 1 aliphatic heterocycles. The van der Waals surface area contributed by atoms with Crippen molar-refractivity contribution >= 4 is 38.9 Å². The molecule has 0 aromatic heterocycles. The van der Waals surface area contributed by atoms with Crippen LogP contribution in [-0.2, 0) is 19.4 Å². The summed E-state index contributed by atoms with van der Waals surface area (Å²) in [7, 11) is -4.06. The number of sulfone groups is 1. The number of fused-ring (bicyclic) bond motifs is 2. The molecule has 2 amide bonds. The third-order valence-electron chi connectivity index (χ3n) is 8.40. The maximum atomic E-state index is 13.7. The van der Waals surface area contributed by atoms with Gasteiger partial charge in [-0.05, 0) is 62.1 Å². The zero-order chi connectivity index (χ0) is 28.8. The Kier molecular flexibility index (Phi) is 7.90. The molecule has 1 heterocycles. The highest BCUT2D eigenvalue weighted by molar-refractivity contribution is 7.92. The molecule has 8 nitrogen and oxygen atoms in total. The molecule has 1 saturated heterocycles. The van der Waals surface area contributed by atoms with Crippen LogP contribution in [0.25, 0.3) is 0 Å². The summed E-state index contributed by atoms with van der Waals surface area (Å²) in [5.74, 6) is -6.71. The van der Waals surface area contributed by atoms with Crippen LogP contribution in [0.3, 0.4) is 0 Å². The number of ether oxygens (including phenoxy) is 1. The number of halogens is 4. The van der Waals surface area contributed by atoms with Crippen molar-refractivity contribution < 1.29 is 41.0 Å². The second kappa shape index (κ2) is 11.0. The molecule has 0 spiro atoms.